The Labute approximate surface area is 347 Å². The standard InChI is InChI=1S/C50H42IN8/c1-5-31-24-27-34(28-25-31)57-44-46(55-40-22-14-12-20-38(40)53-44)59-42-29-26-32(6-2)30-36(42)51(48(57)59)49(3)35-18-10-15-23-41(35)58-45-43(52-37-19-11-13-21-39(37)54-45)56(47(58)50(49,51)4)33-16-8-7-9-17-33/h7-30,47-48H,5-6H2,1-4H3/q-1. The van der Waals surface area contributed by atoms with Crippen molar-refractivity contribution in [3.63, 3.8) is 0 Å². The molecule has 0 amide bonds. The summed E-state index contributed by atoms with van der Waals surface area (Å²) in [7, 11) is 0. The van der Waals surface area contributed by atoms with E-state index in [-0.39, 0.29) is 17.2 Å². The Balaban J connectivity index is 1.16. The molecule has 1 saturated heterocycles. The van der Waals surface area contributed by atoms with Crippen molar-refractivity contribution in [3.05, 3.63) is 166 Å². The molecule has 0 N–H and O–H groups in total. The van der Waals surface area contributed by atoms with Crippen molar-refractivity contribution in [1.29, 1.82) is 0 Å². The number of anilines is 8. The number of halogens is 1. The van der Waals surface area contributed by atoms with Gasteiger partial charge in [-0.05, 0) is 0 Å². The second kappa shape index (κ2) is 11.6. The van der Waals surface area contributed by atoms with Crippen LogP contribution in [0.3, 0.4) is 0 Å². The number of fused-ring (bicyclic) bond motifs is 19. The Morgan fingerprint density at radius 1 is 0.492 bits per heavy atom. The SMILES string of the molecule is CCc1ccc(N2c3nc4ccccc4nc3N3c4ccc(CC)cc4[I-]4(C23)C2(C)c3ccccc3N3c5nc6ccccc6nc5N(c5ccccc5)C3C24C)cc1. The molecule has 13 rings (SSSR count). The predicted octanol–water partition coefficient (Wildman–Crippen LogP) is 7.93. The molecule has 0 radical (unpaired) electrons. The number of nitrogens with zero attached hydrogens (tertiary/aromatic N) is 8. The van der Waals surface area contributed by atoms with Crippen molar-refractivity contribution in [3.8, 4) is 0 Å². The molecule has 8 nitrogen and oxygen atoms in total. The number of benzene rings is 6. The van der Waals surface area contributed by atoms with Gasteiger partial charge in [-0.25, -0.2) is 0 Å². The number of rotatable bonds is 4. The monoisotopic (exact) mass is 881 g/mol. The Hall–Kier alpha value is -6.07. The van der Waals surface area contributed by atoms with E-state index >= 15 is 0 Å². The van der Waals surface area contributed by atoms with Gasteiger partial charge in [0.05, 0.1) is 0 Å². The third kappa shape index (κ3) is 3.87. The summed E-state index contributed by atoms with van der Waals surface area (Å²) in [5.41, 5.74) is 12.6. The van der Waals surface area contributed by atoms with Gasteiger partial charge in [0.1, 0.15) is 0 Å². The van der Waals surface area contributed by atoms with Gasteiger partial charge in [0.15, 0.2) is 0 Å². The van der Waals surface area contributed by atoms with Gasteiger partial charge in [0, 0.05) is 0 Å². The molecule has 0 saturated carbocycles. The molecule has 5 unspecified atom stereocenters. The van der Waals surface area contributed by atoms with E-state index in [2.05, 4.69) is 193 Å². The van der Waals surface area contributed by atoms with Crippen LogP contribution in [0.4, 0.5) is 46.0 Å². The van der Waals surface area contributed by atoms with Crippen molar-refractivity contribution >= 4 is 68.1 Å². The zero-order chi connectivity index (χ0) is 39.4. The first-order valence-electron chi connectivity index (χ1n) is 20.8. The Kier molecular flexibility index (Phi) is 6.64. The molecule has 6 aromatic carbocycles. The molecule has 1 spiro atoms. The van der Waals surface area contributed by atoms with Gasteiger partial charge in [0.25, 0.3) is 0 Å². The number of aryl methyl sites for hydroxylation is 2. The van der Waals surface area contributed by atoms with Gasteiger partial charge in [-0.3, -0.25) is 0 Å². The summed E-state index contributed by atoms with van der Waals surface area (Å²) in [6.45, 7) is 9.79. The predicted molar refractivity (Wildman–Crippen MR) is 234 cm³/mol. The van der Waals surface area contributed by atoms with Crippen LogP contribution in [0.2, 0.25) is 0 Å². The minimum atomic E-state index is -3.68. The van der Waals surface area contributed by atoms with Crippen LogP contribution in [0.1, 0.15) is 44.4 Å². The van der Waals surface area contributed by atoms with Crippen LogP contribution in [0.25, 0.3) is 22.1 Å². The first-order valence-corrected chi connectivity index (χ1v) is 25.2. The van der Waals surface area contributed by atoms with Crippen LogP contribution in [-0.4, -0.2) is 33.7 Å². The van der Waals surface area contributed by atoms with E-state index in [1.165, 1.54) is 28.1 Å². The number of hydrogen-bond donors (Lipinski definition) is 0. The van der Waals surface area contributed by atoms with Crippen LogP contribution in [0.15, 0.2) is 146 Å². The summed E-state index contributed by atoms with van der Waals surface area (Å²) in [4.78, 5) is 32.5. The summed E-state index contributed by atoms with van der Waals surface area (Å²) >= 11 is -3.68. The van der Waals surface area contributed by atoms with E-state index < -0.39 is 18.4 Å². The Morgan fingerprint density at radius 2 is 1.00 bits per heavy atom. The maximum atomic E-state index is 5.55. The average molecular weight is 882 g/mol. The van der Waals surface area contributed by atoms with E-state index in [0.717, 1.165) is 69.6 Å². The van der Waals surface area contributed by atoms with Crippen LogP contribution in [0, 0.1) is 3.57 Å². The summed E-state index contributed by atoms with van der Waals surface area (Å²) < 4.78 is 1.10. The number of para-hydroxylation sites is 6. The number of alkyl halides is 3. The first kappa shape index (κ1) is 33.9. The van der Waals surface area contributed by atoms with E-state index in [1.807, 2.05) is 0 Å². The third-order valence-corrected chi connectivity index (χ3v) is 29.3. The van der Waals surface area contributed by atoms with Gasteiger partial charge in [0.2, 0.25) is 0 Å². The summed E-state index contributed by atoms with van der Waals surface area (Å²) in [6.07, 6.45) is 1.86. The van der Waals surface area contributed by atoms with Crippen LogP contribution >= 0.6 is 0 Å². The number of hydrogen-bond acceptors (Lipinski definition) is 8. The van der Waals surface area contributed by atoms with Crippen LogP contribution in [-0.2, 0) is 16.3 Å². The molecule has 0 aliphatic carbocycles. The Morgan fingerprint density at radius 3 is 1.63 bits per heavy atom. The fourth-order valence-corrected chi connectivity index (χ4v) is 30.5. The molecule has 5 aliphatic rings. The molecule has 59 heavy (non-hydrogen) atoms. The van der Waals surface area contributed by atoms with E-state index in [0.29, 0.717) is 0 Å². The van der Waals surface area contributed by atoms with Gasteiger partial charge in [-0.2, -0.15) is 0 Å². The van der Waals surface area contributed by atoms with Crippen LogP contribution in [0.5, 0.6) is 0 Å². The summed E-state index contributed by atoms with van der Waals surface area (Å²) in [5, 5.41) is 0. The van der Waals surface area contributed by atoms with Gasteiger partial charge >= 0.3 is 350 Å². The fourth-order valence-electron chi connectivity index (χ4n) is 11.3. The van der Waals surface area contributed by atoms with Crippen molar-refractivity contribution in [2.24, 2.45) is 0 Å². The second-order valence-corrected chi connectivity index (χ2v) is 26.7. The molecule has 290 valence electrons. The van der Waals surface area contributed by atoms with Crippen molar-refractivity contribution in [2.45, 2.75) is 57.7 Å². The van der Waals surface area contributed by atoms with E-state index in [4.69, 9.17) is 19.9 Å². The molecule has 8 aromatic rings. The van der Waals surface area contributed by atoms with E-state index in [9.17, 15) is 0 Å². The summed E-state index contributed by atoms with van der Waals surface area (Å²) in [6, 6.07) is 53.5. The average Bonchev–Trinajstić information content (AvgIpc) is 3.63. The Bertz CT molecular complexity index is 3050. The third-order valence-electron chi connectivity index (χ3n) is 14.1. The maximum absolute atomic E-state index is 5.55. The van der Waals surface area contributed by atoms with E-state index in [1.54, 1.807) is 3.57 Å². The molecule has 2 aromatic heterocycles. The van der Waals surface area contributed by atoms with Crippen molar-refractivity contribution < 1.29 is 18.4 Å². The number of aromatic nitrogens is 4. The zero-order valence-corrected chi connectivity index (χ0v) is 35.5. The van der Waals surface area contributed by atoms with Crippen LogP contribution < -0.4 is 38.0 Å². The first-order chi connectivity index (χ1) is 28.9. The van der Waals surface area contributed by atoms with Gasteiger partial charge < -0.3 is 0 Å². The quantitative estimate of drug-likeness (QED) is 0.100. The normalized spacial score (nSPS) is 26.2. The molecule has 0 bridgehead atoms. The molecule has 5 aliphatic heterocycles. The zero-order valence-electron chi connectivity index (χ0n) is 33.4. The van der Waals surface area contributed by atoms with Crippen molar-refractivity contribution in [1.82, 2.24) is 19.9 Å². The fraction of sp³-hybridized carbons (Fsp3) is 0.200. The molecule has 7 heterocycles. The topological polar surface area (TPSA) is 64.5 Å². The molecular weight excluding hydrogens is 840 g/mol. The molecule has 1 fully saturated rings. The van der Waals surface area contributed by atoms with Gasteiger partial charge in [-0.1, -0.05) is 0 Å². The van der Waals surface area contributed by atoms with Crippen molar-refractivity contribution in [2.75, 3.05) is 19.6 Å². The minimum absolute atomic E-state index is 0.00683. The van der Waals surface area contributed by atoms with Gasteiger partial charge in [-0.15, -0.1) is 0 Å². The summed E-state index contributed by atoms with van der Waals surface area (Å²) in [5.74, 6) is 3.72. The second-order valence-electron chi connectivity index (χ2n) is 16.6. The molecule has 9 heteroatoms. The molecular formula is C50H42IN8-. The molecule has 5 atom stereocenters.